The van der Waals surface area contributed by atoms with E-state index >= 15 is 0 Å². The first-order chi connectivity index (χ1) is 9.11. The van der Waals surface area contributed by atoms with Gasteiger partial charge >= 0.3 is 0 Å². The predicted molar refractivity (Wildman–Crippen MR) is 77.3 cm³/mol. The number of thiazole rings is 1. The first kappa shape index (κ1) is 12.7. The molecule has 1 aromatic carbocycles. The summed E-state index contributed by atoms with van der Waals surface area (Å²) in [5.74, 6) is -0.245. The number of aliphatic hydroxyl groups excluding tert-OH is 1. The van der Waals surface area contributed by atoms with E-state index in [4.69, 9.17) is 0 Å². The van der Waals surface area contributed by atoms with Crippen LogP contribution in [0.4, 0.5) is 4.39 Å². The summed E-state index contributed by atoms with van der Waals surface area (Å²) in [6, 6.07) is 6.60. The summed E-state index contributed by atoms with van der Waals surface area (Å²) >= 11 is 3.01. The van der Waals surface area contributed by atoms with Gasteiger partial charge in [-0.25, -0.2) is 9.37 Å². The number of aromatic nitrogens is 1. The monoisotopic (exact) mass is 293 g/mol. The lowest BCUT2D eigenvalue weighted by atomic mass is 10.1. The number of aryl methyl sites for hydroxylation is 1. The van der Waals surface area contributed by atoms with Crippen molar-refractivity contribution in [2.45, 2.75) is 19.4 Å². The second-order valence-electron chi connectivity index (χ2n) is 4.41. The Morgan fingerprint density at radius 1 is 1.37 bits per heavy atom. The largest absolute Gasteiger partial charge is 0.387 e. The fraction of sp³-hybridized carbons (Fsp3) is 0.214. The summed E-state index contributed by atoms with van der Waals surface area (Å²) in [4.78, 5) is 5.20. The van der Waals surface area contributed by atoms with E-state index in [2.05, 4.69) is 4.98 Å². The molecule has 0 aliphatic carbocycles. The van der Waals surface area contributed by atoms with Gasteiger partial charge < -0.3 is 5.11 Å². The zero-order valence-electron chi connectivity index (χ0n) is 10.3. The normalized spacial score (nSPS) is 13.0. The van der Waals surface area contributed by atoms with Crippen molar-refractivity contribution in [1.29, 1.82) is 0 Å². The molecule has 0 spiro atoms. The fourth-order valence-corrected chi connectivity index (χ4v) is 3.69. The minimum Gasteiger partial charge on any atom is -0.387 e. The maximum atomic E-state index is 13.1. The molecule has 2 nitrogen and oxygen atoms in total. The molecule has 1 N–H and O–H groups in total. The zero-order chi connectivity index (χ0) is 13.4. The van der Waals surface area contributed by atoms with Gasteiger partial charge in [0.1, 0.15) is 5.82 Å². The Bertz CT molecular complexity index is 719. The zero-order valence-corrected chi connectivity index (χ0v) is 11.9. The molecule has 0 saturated heterocycles. The Morgan fingerprint density at radius 3 is 2.95 bits per heavy atom. The van der Waals surface area contributed by atoms with Crippen LogP contribution < -0.4 is 0 Å². The first-order valence-electron chi connectivity index (χ1n) is 5.90. The number of fused-ring (bicyclic) bond motifs is 1. The van der Waals surface area contributed by atoms with E-state index in [9.17, 15) is 9.50 Å². The van der Waals surface area contributed by atoms with Gasteiger partial charge in [-0.3, -0.25) is 0 Å². The van der Waals surface area contributed by atoms with E-state index in [1.165, 1.54) is 23.5 Å². The molecule has 0 fully saturated rings. The number of benzene rings is 1. The number of halogens is 1. The summed E-state index contributed by atoms with van der Waals surface area (Å²) in [6.45, 7) is 1.95. The Labute approximate surface area is 118 Å². The highest BCUT2D eigenvalue weighted by Gasteiger charge is 2.14. The van der Waals surface area contributed by atoms with Crippen molar-refractivity contribution in [2.24, 2.45) is 0 Å². The highest BCUT2D eigenvalue weighted by Crippen LogP contribution is 2.32. The minimum atomic E-state index is -0.582. The van der Waals surface area contributed by atoms with Gasteiger partial charge in [-0.15, -0.1) is 22.7 Å². The van der Waals surface area contributed by atoms with Crippen molar-refractivity contribution < 1.29 is 9.50 Å². The van der Waals surface area contributed by atoms with E-state index in [0.29, 0.717) is 6.42 Å². The molecule has 2 heterocycles. The maximum absolute atomic E-state index is 13.1. The molecule has 5 heteroatoms. The summed E-state index contributed by atoms with van der Waals surface area (Å²) < 4.78 is 14.0. The molecule has 3 aromatic rings. The molecule has 0 aliphatic rings. The van der Waals surface area contributed by atoms with Crippen LogP contribution in [-0.2, 0) is 6.42 Å². The number of thiophene rings is 1. The lowest BCUT2D eigenvalue weighted by molar-refractivity contribution is 0.181. The molecule has 1 unspecified atom stereocenters. The molecular formula is C14H12FNOS2. The molecule has 0 saturated carbocycles. The van der Waals surface area contributed by atoms with Gasteiger partial charge in [0.25, 0.3) is 0 Å². The lowest BCUT2D eigenvalue weighted by Crippen LogP contribution is -1.99. The number of aliphatic hydroxyl groups is 1. The van der Waals surface area contributed by atoms with Crippen LogP contribution in [0, 0.1) is 12.7 Å². The Hall–Kier alpha value is -1.30. The summed E-state index contributed by atoms with van der Waals surface area (Å²) in [6.07, 6.45) is -0.0819. The molecular weight excluding hydrogens is 281 g/mol. The van der Waals surface area contributed by atoms with E-state index < -0.39 is 6.10 Å². The molecule has 3 rings (SSSR count). The van der Waals surface area contributed by atoms with Crippen LogP contribution in [0.5, 0.6) is 0 Å². The Kier molecular flexibility index (Phi) is 3.35. The molecule has 0 amide bonds. The van der Waals surface area contributed by atoms with Crippen molar-refractivity contribution >= 4 is 32.8 Å². The number of rotatable bonds is 3. The average Bonchev–Trinajstić information content (AvgIpc) is 2.95. The minimum absolute atomic E-state index is 0.245. The third-order valence-electron chi connectivity index (χ3n) is 2.90. The number of hydrogen-bond donors (Lipinski definition) is 1. The van der Waals surface area contributed by atoms with Crippen LogP contribution in [0.2, 0.25) is 0 Å². The highest BCUT2D eigenvalue weighted by atomic mass is 32.1. The standard InChI is InChI=1S/C14H12FNOS2/c1-8-16-11(7-18-8)6-12(17)14-4-9-2-3-10(15)5-13(9)19-14/h2-5,7,12,17H,6H2,1H3. The van der Waals surface area contributed by atoms with E-state index in [1.54, 1.807) is 17.4 Å². The number of nitrogens with zero attached hydrogens (tertiary/aromatic N) is 1. The van der Waals surface area contributed by atoms with Crippen LogP contribution in [-0.4, -0.2) is 10.1 Å². The number of hydrogen-bond acceptors (Lipinski definition) is 4. The fourth-order valence-electron chi connectivity index (χ4n) is 1.99. The molecule has 19 heavy (non-hydrogen) atoms. The van der Waals surface area contributed by atoms with Crippen LogP contribution in [0.3, 0.4) is 0 Å². The summed E-state index contributed by atoms with van der Waals surface area (Å²) in [7, 11) is 0. The van der Waals surface area contributed by atoms with E-state index in [0.717, 1.165) is 25.7 Å². The summed E-state index contributed by atoms with van der Waals surface area (Å²) in [5, 5.41) is 14.2. The first-order valence-corrected chi connectivity index (χ1v) is 7.59. The van der Waals surface area contributed by atoms with Gasteiger partial charge in [0.2, 0.25) is 0 Å². The van der Waals surface area contributed by atoms with Crippen molar-refractivity contribution in [3.8, 4) is 0 Å². The summed E-state index contributed by atoms with van der Waals surface area (Å²) in [5.41, 5.74) is 0.902. The smallest absolute Gasteiger partial charge is 0.124 e. The highest BCUT2D eigenvalue weighted by molar-refractivity contribution is 7.19. The van der Waals surface area contributed by atoms with Crippen molar-refractivity contribution in [2.75, 3.05) is 0 Å². The molecule has 0 aliphatic heterocycles. The third kappa shape index (κ3) is 2.68. The van der Waals surface area contributed by atoms with Gasteiger partial charge in [0.05, 0.1) is 16.8 Å². The molecule has 0 radical (unpaired) electrons. The molecule has 1 atom stereocenters. The van der Waals surface area contributed by atoms with Crippen LogP contribution in [0.25, 0.3) is 10.1 Å². The predicted octanol–water partition coefficient (Wildman–Crippen LogP) is 4.08. The quantitative estimate of drug-likeness (QED) is 0.789. The molecule has 0 bridgehead atoms. The van der Waals surface area contributed by atoms with Crippen LogP contribution in [0.1, 0.15) is 21.7 Å². The van der Waals surface area contributed by atoms with Crippen LogP contribution in [0.15, 0.2) is 29.6 Å². The van der Waals surface area contributed by atoms with Crippen molar-refractivity contribution in [3.05, 3.63) is 51.0 Å². The van der Waals surface area contributed by atoms with E-state index in [1.807, 2.05) is 18.4 Å². The maximum Gasteiger partial charge on any atom is 0.124 e. The van der Waals surface area contributed by atoms with Gasteiger partial charge in [-0.05, 0) is 30.5 Å². The Morgan fingerprint density at radius 2 is 2.21 bits per heavy atom. The lowest BCUT2D eigenvalue weighted by Gasteiger charge is -2.05. The molecule has 98 valence electrons. The van der Waals surface area contributed by atoms with Crippen molar-refractivity contribution in [1.82, 2.24) is 4.98 Å². The van der Waals surface area contributed by atoms with Crippen molar-refractivity contribution in [3.63, 3.8) is 0 Å². The van der Waals surface area contributed by atoms with Gasteiger partial charge in [0.15, 0.2) is 0 Å². The SMILES string of the molecule is Cc1nc(CC(O)c2cc3ccc(F)cc3s2)cs1. The average molecular weight is 293 g/mol. The van der Waals surface area contributed by atoms with Gasteiger partial charge in [-0.1, -0.05) is 6.07 Å². The second kappa shape index (κ2) is 5.00. The topological polar surface area (TPSA) is 33.1 Å². The Balaban J connectivity index is 1.86. The van der Waals surface area contributed by atoms with Crippen LogP contribution >= 0.6 is 22.7 Å². The third-order valence-corrected chi connectivity index (χ3v) is 4.92. The van der Waals surface area contributed by atoms with Gasteiger partial charge in [0, 0.05) is 21.4 Å². The van der Waals surface area contributed by atoms with Gasteiger partial charge in [-0.2, -0.15) is 0 Å². The second-order valence-corrected chi connectivity index (χ2v) is 6.59. The molecule has 2 aromatic heterocycles. The van der Waals surface area contributed by atoms with E-state index in [-0.39, 0.29) is 5.82 Å².